The second kappa shape index (κ2) is 3.08. The Labute approximate surface area is 76.1 Å². The molecule has 1 heterocycles. The lowest BCUT2D eigenvalue weighted by Crippen LogP contribution is -2.25. The molecule has 0 saturated heterocycles. The van der Waals surface area contributed by atoms with Crippen LogP contribution in [0.3, 0.4) is 0 Å². The van der Waals surface area contributed by atoms with Crippen molar-refractivity contribution in [2.45, 2.75) is 25.4 Å². The van der Waals surface area contributed by atoms with E-state index >= 15 is 0 Å². The first-order valence-corrected chi connectivity index (χ1v) is 4.30. The van der Waals surface area contributed by atoms with Crippen LogP contribution in [-0.2, 0) is 0 Å². The number of nitrogens with zero attached hydrogens (tertiary/aromatic N) is 2. The molecular formula is C8H12N4O. The molecule has 0 unspecified atom stereocenters. The SMILES string of the molecule is Nc1ncc(OC2CCC2)nc1N. The third-order valence-electron chi connectivity index (χ3n) is 2.15. The quantitative estimate of drug-likeness (QED) is 0.694. The number of aromatic nitrogens is 2. The van der Waals surface area contributed by atoms with Crippen LogP contribution >= 0.6 is 0 Å². The van der Waals surface area contributed by atoms with Gasteiger partial charge in [-0.3, -0.25) is 0 Å². The largest absolute Gasteiger partial charge is 0.473 e. The molecule has 0 spiro atoms. The summed E-state index contributed by atoms with van der Waals surface area (Å²) in [7, 11) is 0. The molecular weight excluding hydrogens is 168 g/mol. The first-order valence-electron chi connectivity index (χ1n) is 4.30. The summed E-state index contributed by atoms with van der Waals surface area (Å²) in [6.07, 6.45) is 5.20. The molecule has 13 heavy (non-hydrogen) atoms. The van der Waals surface area contributed by atoms with Gasteiger partial charge in [0.15, 0.2) is 11.6 Å². The average molecular weight is 180 g/mol. The van der Waals surface area contributed by atoms with E-state index in [0.717, 1.165) is 12.8 Å². The molecule has 0 radical (unpaired) electrons. The van der Waals surface area contributed by atoms with Crippen molar-refractivity contribution >= 4 is 11.6 Å². The molecule has 1 aliphatic carbocycles. The summed E-state index contributed by atoms with van der Waals surface area (Å²) in [5.41, 5.74) is 10.9. The van der Waals surface area contributed by atoms with Crippen molar-refractivity contribution in [3.63, 3.8) is 0 Å². The van der Waals surface area contributed by atoms with Crippen LogP contribution in [0.5, 0.6) is 5.88 Å². The fourth-order valence-electron chi connectivity index (χ4n) is 1.11. The molecule has 0 bridgehead atoms. The van der Waals surface area contributed by atoms with Gasteiger partial charge in [0.1, 0.15) is 6.10 Å². The monoisotopic (exact) mass is 180 g/mol. The highest BCUT2D eigenvalue weighted by Crippen LogP contribution is 2.24. The lowest BCUT2D eigenvalue weighted by atomic mass is 9.96. The zero-order valence-electron chi connectivity index (χ0n) is 7.23. The maximum Gasteiger partial charge on any atom is 0.234 e. The van der Waals surface area contributed by atoms with Crippen molar-refractivity contribution in [1.29, 1.82) is 0 Å². The Bertz CT molecular complexity index is 311. The second-order valence-corrected chi connectivity index (χ2v) is 3.15. The molecule has 2 rings (SSSR count). The van der Waals surface area contributed by atoms with E-state index in [4.69, 9.17) is 16.2 Å². The number of hydrogen-bond acceptors (Lipinski definition) is 5. The van der Waals surface area contributed by atoms with Gasteiger partial charge in [-0.15, -0.1) is 0 Å². The minimum atomic E-state index is 0.233. The van der Waals surface area contributed by atoms with Gasteiger partial charge in [0.25, 0.3) is 0 Å². The van der Waals surface area contributed by atoms with Gasteiger partial charge in [-0.1, -0.05) is 0 Å². The van der Waals surface area contributed by atoms with E-state index in [2.05, 4.69) is 9.97 Å². The van der Waals surface area contributed by atoms with Gasteiger partial charge in [0.2, 0.25) is 5.88 Å². The van der Waals surface area contributed by atoms with Crippen molar-refractivity contribution in [2.75, 3.05) is 11.5 Å². The van der Waals surface area contributed by atoms with E-state index in [1.54, 1.807) is 0 Å². The Morgan fingerprint density at radius 1 is 1.31 bits per heavy atom. The van der Waals surface area contributed by atoms with Crippen molar-refractivity contribution in [3.8, 4) is 5.88 Å². The zero-order valence-corrected chi connectivity index (χ0v) is 7.23. The summed E-state index contributed by atoms with van der Waals surface area (Å²) in [5.74, 6) is 0.953. The van der Waals surface area contributed by atoms with Crippen LogP contribution in [-0.4, -0.2) is 16.1 Å². The van der Waals surface area contributed by atoms with Crippen molar-refractivity contribution in [1.82, 2.24) is 9.97 Å². The van der Waals surface area contributed by atoms with Gasteiger partial charge in [0.05, 0.1) is 6.20 Å². The molecule has 5 heteroatoms. The zero-order chi connectivity index (χ0) is 9.26. The Morgan fingerprint density at radius 2 is 2.08 bits per heavy atom. The molecule has 0 aliphatic heterocycles. The van der Waals surface area contributed by atoms with Crippen LogP contribution < -0.4 is 16.2 Å². The minimum absolute atomic E-state index is 0.233. The number of hydrogen-bond donors (Lipinski definition) is 2. The Balaban J connectivity index is 2.07. The highest BCUT2D eigenvalue weighted by atomic mass is 16.5. The third-order valence-corrected chi connectivity index (χ3v) is 2.15. The normalized spacial score (nSPS) is 16.6. The topological polar surface area (TPSA) is 87.0 Å². The predicted octanol–water partition coefficient (Wildman–Crippen LogP) is 0.572. The average Bonchev–Trinajstić information content (AvgIpc) is 2.04. The molecule has 5 nitrogen and oxygen atoms in total. The lowest BCUT2D eigenvalue weighted by molar-refractivity contribution is 0.114. The molecule has 1 saturated carbocycles. The lowest BCUT2D eigenvalue weighted by Gasteiger charge is -2.25. The van der Waals surface area contributed by atoms with Gasteiger partial charge >= 0.3 is 0 Å². The summed E-state index contributed by atoms with van der Waals surface area (Å²) in [6, 6.07) is 0. The number of rotatable bonds is 2. The molecule has 1 aromatic heterocycles. The van der Waals surface area contributed by atoms with E-state index in [0.29, 0.717) is 5.88 Å². The van der Waals surface area contributed by atoms with Gasteiger partial charge < -0.3 is 16.2 Å². The Morgan fingerprint density at radius 3 is 2.62 bits per heavy atom. The molecule has 70 valence electrons. The molecule has 0 aromatic carbocycles. The van der Waals surface area contributed by atoms with Gasteiger partial charge in [-0.05, 0) is 19.3 Å². The summed E-state index contributed by atoms with van der Waals surface area (Å²) < 4.78 is 5.48. The highest BCUT2D eigenvalue weighted by Gasteiger charge is 2.19. The van der Waals surface area contributed by atoms with E-state index in [-0.39, 0.29) is 17.7 Å². The smallest absolute Gasteiger partial charge is 0.234 e. The van der Waals surface area contributed by atoms with Gasteiger partial charge in [0, 0.05) is 0 Å². The number of ether oxygens (including phenoxy) is 1. The molecule has 0 atom stereocenters. The van der Waals surface area contributed by atoms with E-state index < -0.39 is 0 Å². The molecule has 1 aliphatic rings. The first kappa shape index (κ1) is 8.10. The van der Waals surface area contributed by atoms with Crippen LogP contribution in [0.1, 0.15) is 19.3 Å². The van der Waals surface area contributed by atoms with Crippen LogP contribution in [0.15, 0.2) is 6.20 Å². The summed E-state index contributed by atoms with van der Waals surface area (Å²) in [5, 5.41) is 0. The van der Waals surface area contributed by atoms with Crippen molar-refractivity contribution in [2.24, 2.45) is 0 Å². The van der Waals surface area contributed by atoms with E-state index in [9.17, 15) is 0 Å². The molecule has 4 N–H and O–H groups in total. The number of anilines is 2. The van der Waals surface area contributed by atoms with Gasteiger partial charge in [-0.2, -0.15) is 4.98 Å². The molecule has 1 aromatic rings. The number of nitrogens with two attached hydrogens (primary N) is 2. The van der Waals surface area contributed by atoms with Gasteiger partial charge in [-0.25, -0.2) is 4.98 Å². The van der Waals surface area contributed by atoms with Crippen molar-refractivity contribution in [3.05, 3.63) is 6.20 Å². The summed E-state index contributed by atoms with van der Waals surface area (Å²) in [6.45, 7) is 0. The second-order valence-electron chi connectivity index (χ2n) is 3.15. The fraction of sp³-hybridized carbons (Fsp3) is 0.500. The minimum Gasteiger partial charge on any atom is -0.473 e. The van der Waals surface area contributed by atoms with Crippen LogP contribution in [0.2, 0.25) is 0 Å². The fourth-order valence-corrected chi connectivity index (χ4v) is 1.11. The van der Waals surface area contributed by atoms with Crippen LogP contribution in [0.25, 0.3) is 0 Å². The first-order chi connectivity index (χ1) is 6.25. The van der Waals surface area contributed by atoms with E-state index in [1.165, 1.54) is 12.6 Å². The third kappa shape index (κ3) is 1.63. The highest BCUT2D eigenvalue weighted by molar-refractivity contribution is 5.52. The Kier molecular flexibility index (Phi) is 1.92. The maximum absolute atomic E-state index is 5.48. The van der Waals surface area contributed by atoms with E-state index in [1.807, 2.05) is 0 Å². The Hall–Kier alpha value is -1.52. The molecule has 0 amide bonds. The maximum atomic E-state index is 5.48. The van der Waals surface area contributed by atoms with Crippen molar-refractivity contribution < 1.29 is 4.74 Å². The molecule has 1 fully saturated rings. The number of nitrogen functional groups attached to an aromatic ring is 2. The summed E-state index contributed by atoms with van der Waals surface area (Å²) >= 11 is 0. The predicted molar refractivity (Wildman–Crippen MR) is 49.1 cm³/mol. The van der Waals surface area contributed by atoms with Crippen LogP contribution in [0, 0.1) is 0 Å². The van der Waals surface area contributed by atoms with Crippen LogP contribution in [0.4, 0.5) is 11.6 Å². The standard InChI is InChI=1S/C8H12N4O/c9-7-8(10)12-6(4-11-7)13-5-2-1-3-5/h4-5H,1-3H2,(H2,9,11)(H2,10,12). The summed E-state index contributed by atoms with van der Waals surface area (Å²) in [4.78, 5) is 7.82.